The highest BCUT2D eigenvalue weighted by molar-refractivity contribution is 7.90. The van der Waals surface area contributed by atoms with Crippen molar-refractivity contribution in [2.45, 2.75) is 24.3 Å². The van der Waals surface area contributed by atoms with E-state index in [1.165, 1.54) is 30.3 Å². The van der Waals surface area contributed by atoms with Crippen LogP contribution in [-0.4, -0.2) is 36.3 Å². The van der Waals surface area contributed by atoms with Gasteiger partial charge in [-0.2, -0.15) is 0 Å². The number of sulfone groups is 1. The largest absolute Gasteiger partial charge is 0.504 e. The monoisotopic (exact) mass is 374 g/mol. The molecule has 2 aromatic carbocycles. The first kappa shape index (κ1) is 18.0. The van der Waals surface area contributed by atoms with Crippen LogP contribution in [0.2, 0.25) is 0 Å². The molecule has 0 aromatic heterocycles. The summed E-state index contributed by atoms with van der Waals surface area (Å²) >= 11 is 0. The molecule has 136 valence electrons. The Hall–Kier alpha value is -2.80. The molecule has 1 aliphatic rings. The average Bonchev–Trinajstić information content (AvgIpc) is 2.80. The van der Waals surface area contributed by atoms with Crippen LogP contribution in [0.3, 0.4) is 0 Å². The summed E-state index contributed by atoms with van der Waals surface area (Å²) in [6.45, 7) is 3.21. The average molecular weight is 374 g/mol. The molecule has 0 amide bonds. The number of carbonyl (C=O) groups excluding carboxylic acids is 1. The predicted molar refractivity (Wildman–Crippen MR) is 96.3 cm³/mol. The lowest BCUT2D eigenvalue weighted by Crippen LogP contribution is -2.29. The third-order valence-electron chi connectivity index (χ3n) is 4.19. The number of para-hydroxylation sites is 1. The zero-order valence-corrected chi connectivity index (χ0v) is 15.3. The maximum atomic E-state index is 12.8. The van der Waals surface area contributed by atoms with Gasteiger partial charge < -0.3 is 14.9 Å². The summed E-state index contributed by atoms with van der Waals surface area (Å²) in [4.78, 5) is 13.0. The van der Waals surface area contributed by atoms with Gasteiger partial charge in [0.2, 0.25) is 5.78 Å². The maximum Gasteiger partial charge on any atom is 0.210 e. The van der Waals surface area contributed by atoms with Crippen LogP contribution < -0.4 is 0 Å². The Bertz CT molecular complexity index is 1030. The van der Waals surface area contributed by atoms with Crippen LogP contribution in [0, 0.1) is 0 Å². The van der Waals surface area contributed by atoms with E-state index in [1.807, 2.05) is 0 Å². The van der Waals surface area contributed by atoms with Crippen molar-refractivity contribution in [3.8, 4) is 11.5 Å². The molecule has 1 heterocycles. The van der Waals surface area contributed by atoms with Crippen molar-refractivity contribution in [2.24, 2.45) is 0 Å². The fourth-order valence-corrected chi connectivity index (χ4v) is 3.42. The highest BCUT2D eigenvalue weighted by atomic mass is 32.2. The van der Waals surface area contributed by atoms with Crippen LogP contribution >= 0.6 is 0 Å². The predicted octanol–water partition coefficient (Wildman–Crippen LogP) is 2.75. The van der Waals surface area contributed by atoms with Gasteiger partial charge in [-0.25, -0.2) is 8.42 Å². The van der Waals surface area contributed by atoms with E-state index in [9.17, 15) is 23.4 Å². The molecule has 0 spiro atoms. The van der Waals surface area contributed by atoms with Crippen LogP contribution in [0.4, 0.5) is 0 Å². The minimum absolute atomic E-state index is 0.135. The van der Waals surface area contributed by atoms with Gasteiger partial charge in [0.25, 0.3) is 0 Å². The van der Waals surface area contributed by atoms with E-state index in [1.54, 1.807) is 26.0 Å². The van der Waals surface area contributed by atoms with E-state index in [4.69, 9.17) is 4.74 Å². The Kier molecular flexibility index (Phi) is 4.07. The van der Waals surface area contributed by atoms with E-state index in [0.29, 0.717) is 5.56 Å². The maximum absolute atomic E-state index is 12.8. The molecule has 0 unspecified atom stereocenters. The van der Waals surface area contributed by atoms with Gasteiger partial charge >= 0.3 is 0 Å². The lowest BCUT2D eigenvalue weighted by atomic mass is 9.92. The van der Waals surface area contributed by atoms with Crippen LogP contribution in [0.1, 0.15) is 25.0 Å². The molecule has 1 aliphatic heterocycles. The van der Waals surface area contributed by atoms with Crippen LogP contribution in [0.5, 0.6) is 11.5 Å². The summed E-state index contributed by atoms with van der Waals surface area (Å²) in [5.74, 6) is -0.886. The second-order valence-electron chi connectivity index (χ2n) is 6.62. The normalized spacial score (nSPS) is 16.7. The molecule has 6 nitrogen and oxygen atoms in total. The van der Waals surface area contributed by atoms with Crippen molar-refractivity contribution >= 4 is 27.0 Å². The first-order valence-electron chi connectivity index (χ1n) is 7.82. The molecule has 2 aromatic rings. The number of hydrogen-bond acceptors (Lipinski definition) is 6. The molecule has 0 bridgehead atoms. The molecular weight excluding hydrogens is 356 g/mol. The third-order valence-corrected chi connectivity index (χ3v) is 5.32. The molecule has 26 heavy (non-hydrogen) atoms. The highest BCUT2D eigenvalue weighted by Crippen LogP contribution is 2.45. The van der Waals surface area contributed by atoms with Gasteiger partial charge in [0.05, 0.1) is 10.5 Å². The SMILES string of the molecule is CC1(C)OC(c2ccc(S(C)(=O)=O)cc2)=C(c2cccc(O)c2O)C1=O. The molecule has 0 saturated heterocycles. The zero-order chi connectivity index (χ0) is 19.3. The molecule has 0 radical (unpaired) electrons. The number of carbonyl (C=O) groups is 1. The second-order valence-corrected chi connectivity index (χ2v) is 8.63. The number of aromatic hydroxyl groups is 2. The van der Waals surface area contributed by atoms with E-state index in [0.717, 1.165) is 6.26 Å². The van der Waals surface area contributed by atoms with Gasteiger partial charge in [-0.1, -0.05) is 12.1 Å². The Morgan fingerprint density at radius 2 is 1.62 bits per heavy atom. The Labute approximate surface area is 151 Å². The number of ether oxygens (including phenoxy) is 1. The number of phenolic OH excluding ortho intramolecular Hbond substituents is 2. The van der Waals surface area contributed by atoms with E-state index in [2.05, 4.69) is 0 Å². The first-order chi connectivity index (χ1) is 12.0. The van der Waals surface area contributed by atoms with Gasteiger partial charge in [0.15, 0.2) is 26.9 Å². The quantitative estimate of drug-likeness (QED) is 0.801. The molecule has 0 saturated carbocycles. The zero-order valence-electron chi connectivity index (χ0n) is 14.5. The minimum Gasteiger partial charge on any atom is -0.504 e. The molecular formula is C19H18O6S. The van der Waals surface area contributed by atoms with E-state index >= 15 is 0 Å². The number of benzene rings is 2. The minimum atomic E-state index is -3.35. The number of ketones is 1. The van der Waals surface area contributed by atoms with Crippen LogP contribution in [0.15, 0.2) is 47.4 Å². The highest BCUT2D eigenvalue weighted by Gasteiger charge is 2.43. The molecule has 0 atom stereocenters. The summed E-state index contributed by atoms with van der Waals surface area (Å²) < 4.78 is 29.1. The van der Waals surface area contributed by atoms with Gasteiger partial charge in [-0.05, 0) is 44.2 Å². The van der Waals surface area contributed by atoms with Crippen LogP contribution in [0.25, 0.3) is 11.3 Å². The van der Waals surface area contributed by atoms with Crippen molar-refractivity contribution in [3.05, 3.63) is 53.6 Å². The standard InChI is InChI=1S/C19H18O6S/c1-19(2)18(22)15(13-5-4-6-14(20)16(13)21)17(25-19)11-7-9-12(10-8-11)26(3,23)24/h4-10,20-21H,1-3H3. The van der Waals surface area contributed by atoms with Crippen LogP contribution in [-0.2, 0) is 19.4 Å². The number of Topliss-reactive ketones (excluding diaryl/α,β-unsaturated/α-hetero) is 1. The summed E-state index contributed by atoms with van der Waals surface area (Å²) in [6, 6.07) is 10.3. The van der Waals surface area contributed by atoms with Crippen molar-refractivity contribution in [3.63, 3.8) is 0 Å². The Balaban J connectivity index is 2.22. The summed E-state index contributed by atoms with van der Waals surface area (Å²) in [5.41, 5.74) is -0.370. The second kappa shape index (κ2) is 5.88. The lowest BCUT2D eigenvalue weighted by molar-refractivity contribution is -0.125. The fourth-order valence-electron chi connectivity index (χ4n) is 2.79. The summed E-state index contributed by atoms with van der Waals surface area (Å²) in [5, 5.41) is 20.0. The number of rotatable bonds is 3. The lowest BCUT2D eigenvalue weighted by Gasteiger charge is -2.18. The fraction of sp³-hybridized carbons (Fsp3) is 0.211. The molecule has 0 aliphatic carbocycles. The third kappa shape index (κ3) is 2.94. The summed E-state index contributed by atoms with van der Waals surface area (Å²) in [7, 11) is -3.35. The van der Waals surface area contributed by atoms with Gasteiger partial charge in [0, 0.05) is 17.4 Å². The smallest absolute Gasteiger partial charge is 0.210 e. The Morgan fingerprint density at radius 3 is 2.19 bits per heavy atom. The first-order valence-corrected chi connectivity index (χ1v) is 9.71. The van der Waals surface area contributed by atoms with Gasteiger partial charge in [-0.15, -0.1) is 0 Å². The number of hydrogen-bond donors (Lipinski definition) is 2. The van der Waals surface area contributed by atoms with E-state index < -0.39 is 21.2 Å². The van der Waals surface area contributed by atoms with Gasteiger partial charge in [0.1, 0.15) is 5.76 Å². The summed E-state index contributed by atoms with van der Waals surface area (Å²) in [6.07, 6.45) is 1.11. The van der Waals surface area contributed by atoms with Crippen molar-refractivity contribution in [1.82, 2.24) is 0 Å². The molecule has 3 rings (SSSR count). The van der Waals surface area contributed by atoms with Gasteiger partial charge in [-0.3, -0.25) is 4.79 Å². The Morgan fingerprint density at radius 1 is 1.00 bits per heavy atom. The molecule has 7 heteroatoms. The molecule has 0 fully saturated rings. The van der Waals surface area contributed by atoms with Crippen molar-refractivity contribution in [2.75, 3.05) is 6.26 Å². The topological polar surface area (TPSA) is 101 Å². The number of phenols is 2. The van der Waals surface area contributed by atoms with E-state index in [-0.39, 0.29) is 33.3 Å². The van der Waals surface area contributed by atoms with Crippen molar-refractivity contribution < 1.29 is 28.2 Å². The molecule has 2 N–H and O–H groups in total. The van der Waals surface area contributed by atoms with Crippen molar-refractivity contribution in [1.29, 1.82) is 0 Å².